The van der Waals surface area contributed by atoms with Crippen LogP contribution in [-0.2, 0) is 4.79 Å². The Hall–Kier alpha value is -3.19. The number of nitrogens with one attached hydrogen (secondary N) is 1. The van der Waals surface area contributed by atoms with Gasteiger partial charge in [0.15, 0.2) is 11.6 Å². The van der Waals surface area contributed by atoms with E-state index in [1.165, 1.54) is 11.3 Å². The smallest absolute Gasteiger partial charge is 0.284 e. The maximum absolute atomic E-state index is 12.3. The van der Waals surface area contributed by atoms with Crippen molar-refractivity contribution in [2.75, 3.05) is 11.9 Å². The summed E-state index contributed by atoms with van der Waals surface area (Å²) in [5.41, 5.74) is 7.36. The Labute approximate surface area is 148 Å². The molecule has 25 heavy (non-hydrogen) atoms. The molecule has 0 aliphatic carbocycles. The Morgan fingerprint density at radius 1 is 1.08 bits per heavy atom. The molecule has 0 atom stereocenters. The summed E-state index contributed by atoms with van der Waals surface area (Å²) in [5.74, 6) is -0.328. The second-order valence-electron chi connectivity index (χ2n) is 5.14. The average Bonchev–Trinajstić information content (AvgIpc) is 3.12. The van der Waals surface area contributed by atoms with Gasteiger partial charge >= 0.3 is 0 Å². The number of carbonyl (C=O) groups excluding carboxylic acids is 2. The zero-order valence-corrected chi connectivity index (χ0v) is 14.0. The van der Waals surface area contributed by atoms with Crippen molar-refractivity contribution in [1.29, 1.82) is 0 Å². The molecule has 0 radical (unpaired) electrons. The normalized spacial score (nSPS) is 10.2. The lowest BCUT2D eigenvalue weighted by atomic mass is 10.2. The molecule has 0 saturated heterocycles. The summed E-state index contributed by atoms with van der Waals surface area (Å²) >= 11 is 1.29. The van der Waals surface area contributed by atoms with Crippen LogP contribution in [0, 0.1) is 0 Å². The molecular formula is C18H15N3O3S. The van der Waals surface area contributed by atoms with E-state index in [1.807, 2.05) is 35.7 Å². The lowest BCUT2D eigenvalue weighted by Gasteiger charge is -2.06. The molecule has 126 valence electrons. The number of rotatable bonds is 6. The number of aromatic nitrogens is 1. The van der Waals surface area contributed by atoms with Crippen LogP contribution in [0.2, 0.25) is 0 Å². The van der Waals surface area contributed by atoms with Gasteiger partial charge in [-0.15, -0.1) is 11.3 Å². The van der Waals surface area contributed by atoms with E-state index < -0.39 is 5.91 Å². The van der Waals surface area contributed by atoms with Crippen molar-refractivity contribution in [3.8, 4) is 17.0 Å². The van der Waals surface area contributed by atoms with Gasteiger partial charge in [-0.05, 0) is 24.3 Å². The van der Waals surface area contributed by atoms with Gasteiger partial charge in [0.05, 0.1) is 5.69 Å². The SMILES string of the molecule is NC(=O)COc1ccc(NC(=O)c2nc(-c3ccccc3)cs2)cc1. The van der Waals surface area contributed by atoms with Gasteiger partial charge in [-0.1, -0.05) is 30.3 Å². The van der Waals surface area contributed by atoms with Crippen LogP contribution in [0.15, 0.2) is 60.0 Å². The van der Waals surface area contributed by atoms with Gasteiger partial charge in [0.25, 0.3) is 11.8 Å². The van der Waals surface area contributed by atoms with E-state index in [9.17, 15) is 9.59 Å². The Morgan fingerprint density at radius 3 is 2.48 bits per heavy atom. The van der Waals surface area contributed by atoms with E-state index in [4.69, 9.17) is 10.5 Å². The Balaban J connectivity index is 1.64. The molecule has 0 unspecified atom stereocenters. The first-order chi connectivity index (χ1) is 12.1. The number of carbonyl (C=O) groups is 2. The van der Waals surface area contributed by atoms with E-state index >= 15 is 0 Å². The largest absolute Gasteiger partial charge is 0.484 e. The monoisotopic (exact) mass is 353 g/mol. The number of hydrogen-bond donors (Lipinski definition) is 2. The van der Waals surface area contributed by atoms with Crippen molar-refractivity contribution >= 4 is 28.8 Å². The third-order valence-electron chi connectivity index (χ3n) is 3.26. The molecule has 3 N–H and O–H groups in total. The minimum absolute atomic E-state index is 0.187. The molecule has 7 heteroatoms. The molecule has 0 saturated carbocycles. The fourth-order valence-corrected chi connectivity index (χ4v) is 2.81. The van der Waals surface area contributed by atoms with Crippen molar-refractivity contribution in [2.24, 2.45) is 5.73 Å². The van der Waals surface area contributed by atoms with Crippen LogP contribution in [0.25, 0.3) is 11.3 Å². The van der Waals surface area contributed by atoms with Gasteiger partial charge in [0, 0.05) is 16.6 Å². The zero-order chi connectivity index (χ0) is 17.6. The second-order valence-corrected chi connectivity index (χ2v) is 6.00. The minimum atomic E-state index is -0.546. The second kappa shape index (κ2) is 7.59. The Kier molecular flexibility index (Phi) is 5.06. The first-order valence-electron chi connectivity index (χ1n) is 7.45. The van der Waals surface area contributed by atoms with Crippen LogP contribution in [-0.4, -0.2) is 23.4 Å². The maximum Gasteiger partial charge on any atom is 0.284 e. The number of amides is 2. The molecule has 1 heterocycles. The Morgan fingerprint density at radius 2 is 1.80 bits per heavy atom. The predicted octanol–water partition coefficient (Wildman–Crippen LogP) is 2.93. The lowest BCUT2D eigenvalue weighted by Crippen LogP contribution is -2.20. The average molecular weight is 353 g/mol. The number of primary amides is 1. The van der Waals surface area contributed by atoms with Gasteiger partial charge in [0.2, 0.25) is 0 Å². The van der Waals surface area contributed by atoms with Crippen molar-refractivity contribution in [2.45, 2.75) is 0 Å². The lowest BCUT2D eigenvalue weighted by molar-refractivity contribution is -0.119. The minimum Gasteiger partial charge on any atom is -0.484 e. The predicted molar refractivity (Wildman–Crippen MR) is 96.6 cm³/mol. The third kappa shape index (κ3) is 4.42. The molecule has 2 amide bonds. The van der Waals surface area contributed by atoms with E-state index in [2.05, 4.69) is 10.3 Å². The van der Waals surface area contributed by atoms with Gasteiger partial charge in [0.1, 0.15) is 5.75 Å². The summed E-state index contributed by atoms with van der Waals surface area (Å²) in [6, 6.07) is 16.3. The molecule has 1 aromatic heterocycles. The van der Waals surface area contributed by atoms with Crippen LogP contribution < -0.4 is 15.8 Å². The fraction of sp³-hybridized carbons (Fsp3) is 0.0556. The number of nitrogens with zero attached hydrogens (tertiary/aromatic N) is 1. The summed E-state index contributed by atoms with van der Waals surface area (Å²) in [7, 11) is 0. The molecule has 2 aromatic carbocycles. The summed E-state index contributed by atoms with van der Waals surface area (Å²) in [4.78, 5) is 27.4. The van der Waals surface area contributed by atoms with Crippen molar-refractivity contribution in [3.63, 3.8) is 0 Å². The molecule has 0 bridgehead atoms. The topological polar surface area (TPSA) is 94.3 Å². The zero-order valence-electron chi connectivity index (χ0n) is 13.1. The van der Waals surface area contributed by atoms with Gasteiger partial charge in [-0.3, -0.25) is 9.59 Å². The van der Waals surface area contributed by atoms with Crippen molar-refractivity contribution in [3.05, 3.63) is 65.0 Å². The highest BCUT2D eigenvalue weighted by molar-refractivity contribution is 7.12. The number of benzene rings is 2. The molecule has 0 aliphatic rings. The van der Waals surface area contributed by atoms with Gasteiger partial charge in [-0.2, -0.15) is 0 Å². The summed E-state index contributed by atoms with van der Waals surface area (Å²) < 4.78 is 5.17. The number of anilines is 1. The van der Waals surface area contributed by atoms with Crippen LogP contribution in [0.4, 0.5) is 5.69 Å². The summed E-state index contributed by atoms with van der Waals surface area (Å²) in [6.07, 6.45) is 0. The highest BCUT2D eigenvalue weighted by Gasteiger charge is 2.12. The molecule has 6 nitrogen and oxygen atoms in total. The summed E-state index contributed by atoms with van der Waals surface area (Å²) in [5, 5.41) is 5.01. The van der Waals surface area contributed by atoms with Crippen molar-refractivity contribution in [1.82, 2.24) is 4.98 Å². The molecule has 0 aliphatic heterocycles. The molecule has 3 aromatic rings. The number of hydrogen-bond acceptors (Lipinski definition) is 5. The number of ether oxygens (including phenoxy) is 1. The van der Waals surface area contributed by atoms with Crippen molar-refractivity contribution < 1.29 is 14.3 Å². The first-order valence-corrected chi connectivity index (χ1v) is 8.33. The fourth-order valence-electron chi connectivity index (χ4n) is 2.09. The molecule has 0 spiro atoms. The molecule has 0 fully saturated rings. The number of nitrogens with two attached hydrogens (primary N) is 1. The highest BCUT2D eigenvalue weighted by Crippen LogP contribution is 2.22. The number of thiazole rings is 1. The molecule has 3 rings (SSSR count). The van der Waals surface area contributed by atoms with Crippen LogP contribution in [0.1, 0.15) is 9.80 Å². The molecular weight excluding hydrogens is 338 g/mol. The highest BCUT2D eigenvalue weighted by atomic mass is 32.1. The standard InChI is InChI=1S/C18H15N3O3S/c19-16(22)10-24-14-8-6-13(7-9-14)20-17(23)18-21-15(11-25-18)12-4-2-1-3-5-12/h1-9,11H,10H2,(H2,19,22)(H,20,23). The Bertz CT molecular complexity index is 876. The third-order valence-corrected chi connectivity index (χ3v) is 4.10. The quantitative estimate of drug-likeness (QED) is 0.712. The van der Waals surface area contributed by atoms with Gasteiger partial charge < -0.3 is 15.8 Å². The van der Waals surface area contributed by atoms with Gasteiger partial charge in [-0.25, -0.2) is 4.98 Å². The maximum atomic E-state index is 12.3. The first kappa shape index (κ1) is 16.7. The van der Waals surface area contributed by atoms with Crippen LogP contribution in [0.3, 0.4) is 0 Å². The van der Waals surface area contributed by atoms with E-state index in [0.717, 1.165) is 11.3 Å². The summed E-state index contributed by atoms with van der Waals surface area (Å²) in [6.45, 7) is -0.187. The van der Waals surface area contributed by atoms with Crippen LogP contribution >= 0.6 is 11.3 Å². The van der Waals surface area contributed by atoms with E-state index in [1.54, 1.807) is 24.3 Å². The van der Waals surface area contributed by atoms with Crippen LogP contribution in [0.5, 0.6) is 5.75 Å². The van der Waals surface area contributed by atoms with E-state index in [0.29, 0.717) is 16.4 Å². The van der Waals surface area contributed by atoms with E-state index in [-0.39, 0.29) is 12.5 Å².